The quantitative estimate of drug-likeness (QED) is 0.811. The van der Waals surface area contributed by atoms with Gasteiger partial charge in [0.15, 0.2) is 0 Å². The van der Waals surface area contributed by atoms with Crippen molar-refractivity contribution in [3.8, 4) is 0 Å². The second-order valence-corrected chi connectivity index (χ2v) is 4.92. The second kappa shape index (κ2) is 5.80. The number of nitrogens with one attached hydrogen (secondary N) is 1. The molecule has 0 atom stereocenters. The number of benzene rings is 1. The maximum absolute atomic E-state index is 13.1. The highest BCUT2D eigenvalue weighted by atomic mass is 79.9. The van der Waals surface area contributed by atoms with Gasteiger partial charge in [-0.05, 0) is 30.3 Å². The van der Waals surface area contributed by atoms with Gasteiger partial charge in [0.1, 0.15) is 11.6 Å². The number of nitrogens with zero attached hydrogens (tertiary/aromatic N) is 1. The van der Waals surface area contributed by atoms with E-state index in [1.54, 1.807) is 6.07 Å². The molecule has 1 amide bonds. The molecule has 21 heavy (non-hydrogen) atoms. The average Bonchev–Trinajstić information content (AvgIpc) is 2.37. The zero-order valence-electron chi connectivity index (χ0n) is 10.2. The Morgan fingerprint density at radius 2 is 1.90 bits per heavy atom. The largest absolute Gasteiger partial charge is 0.419 e. The van der Waals surface area contributed by atoms with Crippen molar-refractivity contribution in [1.82, 2.24) is 4.98 Å². The van der Waals surface area contributed by atoms with Crippen LogP contribution in [0.2, 0.25) is 0 Å². The Morgan fingerprint density at radius 1 is 1.19 bits per heavy atom. The lowest BCUT2D eigenvalue weighted by molar-refractivity contribution is -0.140. The fourth-order valence-electron chi connectivity index (χ4n) is 1.55. The van der Waals surface area contributed by atoms with Crippen LogP contribution in [0.5, 0.6) is 0 Å². The zero-order valence-corrected chi connectivity index (χ0v) is 11.8. The molecular formula is C13H7BrF4N2O. The lowest BCUT2D eigenvalue weighted by atomic mass is 10.1. The molecule has 1 heterocycles. The van der Waals surface area contributed by atoms with E-state index in [1.165, 1.54) is 12.3 Å². The van der Waals surface area contributed by atoms with Crippen molar-refractivity contribution < 1.29 is 22.4 Å². The first-order valence-corrected chi connectivity index (χ1v) is 6.36. The van der Waals surface area contributed by atoms with Crippen LogP contribution in [0.1, 0.15) is 15.9 Å². The molecule has 1 N–H and O–H groups in total. The van der Waals surface area contributed by atoms with Crippen LogP contribution in [0.3, 0.4) is 0 Å². The van der Waals surface area contributed by atoms with Crippen molar-refractivity contribution in [3.63, 3.8) is 0 Å². The number of amides is 1. The fourth-order valence-corrected chi connectivity index (χ4v) is 1.88. The maximum Gasteiger partial charge on any atom is 0.419 e. The standard InChI is InChI=1S/C13H7BrF4N2O/c14-8-3-4-19-11(6-8)20-12(21)7-1-2-10(15)9(5-7)13(16,17)18/h1-6H,(H,19,20,21). The minimum Gasteiger partial charge on any atom is -0.307 e. The van der Waals surface area contributed by atoms with Gasteiger partial charge in [-0.15, -0.1) is 0 Å². The summed E-state index contributed by atoms with van der Waals surface area (Å²) in [5.41, 5.74) is -1.80. The van der Waals surface area contributed by atoms with E-state index < -0.39 is 23.5 Å². The highest BCUT2D eigenvalue weighted by Gasteiger charge is 2.34. The molecule has 2 rings (SSSR count). The Balaban J connectivity index is 2.28. The summed E-state index contributed by atoms with van der Waals surface area (Å²) in [7, 11) is 0. The number of anilines is 1. The molecule has 0 aliphatic heterocycles. The Morgan fingerprint density at radius 3 is 2.52 bits per heavy atom. The molecule has 0 aliphatic carbocycles. The van der Waals surface area contributed by atoms with E-state index in [9.17, 15) is 22.4 Å². The predicted molar refractivity (Wildman–Crippen MR) is 71.3 cm³/mol. The Kier molecular flexibility index (Phi) is 4.26. The van der Waals surface area contributed by atoms with Crippen molar-refractivity contribution >= 4 is 27.7 Å². The minimum absolute atomic E-state index is 0.159. The number of hydrogen-bond donors (Lipinski definition) is 1. The van der Waals surface area contributed by atoms with Crippen molar-refractivity contribution in [1.29, 1.82) is 0 Å². The van der Waals surface area contributed by atoms with Crippen molar-refractivity contribution in [2.24, 2.45) is 0 Å². The fraction of sp³-hybridized carbons (Fsp3) is 0.0769. The zero-order chi connectivity index (χ0) is 15.6. The van der Waals surface area contributed by atoms with Gasteiger partial charge in [0.05, 0.1) is 5.56 Å². The normalized spacial score (nSPS) is 11.3. The molecule has 1 aromatic heterocycles. The Labute approximate surface area is 125 Å². The molecule has 0 saturated heterocycles. The predicted octanol–water partition coefficient (Wildman–Crippen LogP) is 4.25. The van der Waals surface area contributed by atoms with Gasteiger partial charge < -0.3 is 5.32 Å². The number of pyridine rings is 1. The summed E-state index contributed by atoms with van der Waals surface area (Å²) >= 11 is 3.17. The van der Waals surface area contributed by atoms with E-state index >= 15 is 0 Å². The molecule has 0 aliphatic rings. The SMILES string of the molecule is O=C(Nc1cc(Br)ccn1)c1ccc(F)c(C(F)(F)F)c1. The third-order valence-electron chi connectivity index (χ3n) is 2.50. The van der Waals surface area contributed by atoms with Gasteiger partial charge in [-0.3, -0.25) is 4.79 Å². The molecule has 110 valence electrons. The van der Waals surface area contributed by atoms with E-state index in [2.05, 4.69) is 26.2 Å². The number of carbonyl (C=O) groups is 1. The van der Waals surface area contributed by atoms with Crippen LogP contribution in [0, 0.1) is 5.82 Å². The van der Waals surface area contributed by atoms with Crippen LogP contribution in [-0.4, -0.2) is 10.9 Å². The first-order valence-electron chi connectivity index (χ1n) is 5.57. The minimum atomic E-state index is -4.87. The van der Waals surface area contributed by atoms with Crippen LogP contribution in [0.4, 0.5) is 23.4 Å². The van der Waals surface area contributed by atoms with Crippen molar-refractivity contribution in [2.75, 3.05) is 5.32 Å². The van der Waals surface area contributed by atoms with Gasteiger partial charge in [-0.2, -0.15) is 13.2 Å². The molecule has 0 radical (unpaired) electrons. The van der Waals surface area contributed by atoms with E-state index in [-0.39, 0.29) is 11.4 Å². The molecule has 0 unspecified atom stereocenters. The monoisotopic (exact) mass is 362 g/mol. The summed E-state index contributed by atoms with van der Waals surface area (Å²) < 4.78 is 51.5. The maximum atomic E-state index is 13.1. The van der Waals surface area contributed by atoms with Crippen molar-refractivity contribution in [2.45, 2.75) is 6.18 Å². The Hall–Kier alpha value is -1.96. The van der Waals surface area contributed by atoms with Crippen molar-refractivity contribution in [3.05, 3.63) is 57.9 Å². The number of alkyl halides is 3. The lowest BCUT2D eigenvalue weighted by Crippen LogP contribution is -2.15. The van der Waals surface area contributed by atoms with Gasteiger partial charge in [-0.1, -0.05) is 15.9 Å². The van der Waals surface area contributed by atoms with Crippen LogP contribution < -0.4 is 5.32 Å². The van der Waals surface area contributed by atoms with Crippen LogP contribution in [0.25, 0.3) is 0 Å². The van der Waals surface area contributed by atoms with Gasteiger partial charge in [0, 0.05) is 16.2 Å². The molecule has 0 saturated carbocycles. The molecule has 8 heteroatoms. The van der Waals surface area contributed by atoms with Gasteiger partial charge in [0.25, 0.3) is 5.91 Å². The summed E-state index contributed by atoms with van der Waals surface area (Å²) in [6.45, 7) is 0. The summed E-state index contributed by atoms with van der Waals surface area (Å²) in [5, 5.41) is 2.33. The molecule has 0 spiro atoms. The topological polar surface area (TPSA) is 42.0 Å². The second-order valence-electron chi connectivity index (χ2n) is 4.01. The third-order valence-corrected chi connectivity index (χ3v) is 2.99. The van der Waals surface area contributed by atoms with E-state index in [0.29, 0.717) is 16.6 Å². The highest BCUT2D eigenvalue weighted by Crippen LogP contribution is 2.32. The van der Waals surface area contributed by atoms with Crippen LogP contribution in [-0.2, 0) is 6.18 Å². The van der Waals surface area contributed by atoms with Gasteiger partial charge in [-0.25, -0.2) is 9.37 Å². The van der Waals surface area contributed by atoms with Gasteiger partial charge >= 0.3 is 6.18 Å². The van der Waals surface area contributed by atoms with Gasteiger partial charge in [0.2, 0.25) is 0 Å². The number of hydrogen-bond acceptors (Lipinski definition) is 2. The number of carbonyl (C=O) groups excluding carboxylic acids is 1. The third kappa shape index (κ3) is 3.78. The molecule has 1 aromatic carbocycles. The first kappa shape index (κ1) is 15.4. The number of rotatable bonds is 2. The lowest BCUT2D eigenvalue weighted by Gasteiger charge is -2.10. The van der Waals surface area contributed by atoms with E-state index in [0.717, 1.165) is 6.07 Å². The van der Waals surface area contributed by atoms with E-state index in [4.69, 9.17) is 0 Å². The summed E-state index contributed by atoms with van der Waals surface area (Å²) in [6, 6.07) is 5.13. The smallest absolute Gasteiger partial charge is 0.307 e. The van der Waals surface area contributed by atoms with Crippen LogP contribution in [0.15, 0.2) is 41.0 Å². The number of aromatic nitrogens is 1. The Bertz CT molecular complexity index is 688. The van der Waals surface area contributed by atoms with Crippen LogP contribution >= 0.6 is 15.9 Å². The first-order chi connectivity index (χ1) is 9.77. The molecule has 3 nitrogen and oxygen atoms in total. The molecule has 0 fully saturated rings. The molecule has 2 aromatic rings. The molecular weight excluding hydrogens is 356 g/mol. The summed E-state index contributed by atoms with van der Waals surface area (Å²) in [5.74, 6) is -2.09. The number of halogens is 5. The average molecular weight is 363 g/mol. The summed E-state index contributed by atoms with van der Waals surface area (Å²) in [6.07, 6.45) is -3.46. The van der Waals surface area contributed by atoms with E-state index in [1.807, 2.05) is 0 Å². The molecule has 0 bridgehead atoms. The summed E-state index contributed by atoms with van der Waals surface area (Å²) in [4.78, 5) is 15.7. The highest BCUT2D eigenvalue weighted by molar-refractivity contribution is 9.10.